The number of benzene rings is 1. The Labute approximate surface area is 120 Å². The highest BCUT2D eigenvalue weighted by Gasteiger charge is 2.33. The number of carbonyl (C=O) groups is 1. The lowest BCUT2D eigenvalue weighted by Crippen LogP contribution is -2.29. The molecule has 1 aromatic carbocycles. The fraction of sp³-hybridized carbons (Fsp3) is 0.500. The van der Waals surface area contributed by atoms with Crippen molar-refractivity contribution in [1.82, 2.24) is 4.90 Å². The molecule has 0 aromatic heterocycles. The minimum atomic E-state index is -0.223. The van der Waals surface area contributed by atoms with Crippen LogP contribution in [0.5, 0.6) is 0 Å². The third-order valence-corrected chi connectivity index (χ3v) is 3.82. The quantitative estimate of drug-likeness (QED) is 0.792. The van der Waals surface area contributed by atoms with Crippen molar-refractivity contribution in [3.05, 3.63) is 35.9 Å². The molecule has 1 fully saturated rings. The first-order valence-electron chi connectivity index (χ1n) is 7.12. The molecule has 1 saturated heterocycles. The number of hydrogen-bond donors (Lipinski definition) is 0. The van der Waals surface area contributed by atoms with Gasteiger partial charge in [-0.15, -0.1) is 0 Å². The Morgan fingerprint density at radius 3 is 2.80 bits per heavy atom. The van der Waals surface area contributed by atoms with Gasteiger partial charge in [0.05, 0.1) is 0 Å². The summed E-state index contributed by atoms with van der Waals surface area (Å²) in [6.07, 6.45) is 2.79. The Morgan fingerprint density at radius 2 is 2.15 bits per heavy atom. The van der Waals surface area contributed by atoms with Crippen LogP contribution in [0, 0.1) is 11.8 Å². The van der Waals surface area contributed by atoms with E-state index in [2.05, 4.69) is 11.9 Å². The standard InChI is InChI=1S/C16H22N2O2/c1-3-14-10-18(11-15(14)9-17-2)16(19)20-12-13-7-5-4-6-8-13/h4-9,14-15H,3,10-12H2,1-2H3/t14-,15?/m1/s1. The molecule has 2 atom stereocenters. The van der Waals surface area contributed by atoms with Gasteiger partial charge in [0.2, 0.25) is 0 Å². The molecule has 1 aliphatic heterocycles. The van der Waals surface area contributed by atoms with E-state index in [1.54, 1.807) is 11.9 Å². The molecule has 0 aliphatic carbocycles. The van der Waals surface area contributed by atoms with E-state index in [1.807, 2.05) is 36.5 Å². The van der Waals surface area contributed by atoms with E-state index in [0.29, 0.717) is 25.0 Å². The predicted molar refractivity (Wildman–Crippen MR) is 79.9 cm³/mol. The Bertz CT molecular complexity index is 459. The zero-order valence-corrected chi connectivity index (χ0v) is 12.2. The molecule has 108 valence electrons. The van der Waals surface area contributed by atoms with E-state index in [1.165, 1.54) is 0 Å². The fourth-order valence-electron chi connectivity index (χ4n) is 2.65. The molecule has 0 bridgehead atoms. The molecule has 4 nitrogen and oxygen atoms in total. The molecule has 0 saturated carbocycles. The van der Waals surface area contributed by atoms with Gasteiger partial charge in [-0.3, -0.25) is 0 Å². The fourth-order valence-corrected chi connectivity index (χ4v) is 2.65. The molecule has 1 aliphatic rings. The maximum Gasteiger partial charge on any atom is 0.410 e. The van der Waals surface area contributed by atoms with Crippen molar-refractivity contribution >= 4 is 12.3 Å². The first-order chi connectivity index (χ1) is 9.74. The molecule has 1 aromatic rings. The molecule has 0 N–H and O–H groups in total. The van der Waals surface area contributed by atoms with Gasteiger partial charge in [-0.2, -0.15) is 0 Å². The predicted octanol–water partition coefficient (Wildman–Crippen LogP) is 2.98. The average Bonchev–Trinajstić information content (AvgIpc) is 2.89. The highest BCUT2D eigenvalue weighted by Crippen LogP contribution is 2.25. The van der Waals surface area contributed by atoms with Crippen molar-refractivity contribution in [3.8, 4) is 0 Å². The van der Waals surface area contributed by atoms with E-state index in [-0.39, 0.29) is 6.09 Å². The van der Waals surface area contributed by atoms with Gasteiger partial charge in [-0.1, -0.05) is 43.7 Å². The molecule has 1 heterocycles. The van der Waals surface area contributed by atoms with Gasteiger partial charge in [-0.05, 0) is 11.5 Å². The molecule has 0 radical (unpaired) electrons. The second kappa shape index (κ2) is 7.08. The molecule has 2 rings (SSSR count). The SMILES string of the molecule is CC[C@@H]1CN(C(=O)OCc2ccccc2)CC1C=NC. The van der Waals surface area contributed by atoms with Crippen molar-refractivity contribution < 1.29 is 9.53 Å². The Hall–Kier alpha value is -1.84. The summed E-state index contributed by atoms with van der Waals surface area (Å²) in [4.78, 5) is 18.0. The van der Waals surface area contributed by atoms with E-state index in [4.69, 9.17) is 4.74 Å². The van der Waals surface area contributed by atoms with Gasteiger partial charge in [0.15, 0.2) is 0 Å². The van der Waals surface area contributed by atoms with Gasteiger partial charge >= 0.3 is 6.09 Å². The molecule has 1 amide bonds. The normalized spacial score (nSPS) is 22.4. The lowest BCUT2D eigenvalue weighted by Gasteiger charge is -2.16. The van der Waals surface area contributed by atoms with Gasteiger partial charge < -0.3 is 14.6 Å². The number of rotatable bonds is 4. The maximum absolute atomic E-state index is 12.1. The maximum atomic E-state index is 12.1. The summed E-state index contributed by atoms with van der Waals surface area (Å²) in [5.74, 6) is 0.845. The van der Waals surface area contributed by atoms with Crippen LogP contribution in [-0.2, 0) is 11.3 Å². The number of likely N-dealkylation sites (tertiary alicyclic amines) is 1. The van der Waals surface area contributed by atoms with Crippen LogP contribution in [0.3, 0.4) is 0 Å². The van der Waals surface area contributed by atoms with Crippen LogP contribution in [-0.4, -0.2) is 37.3 Å². The number of nitrogens with zero attached hydrogens (tertiary/aromatic N) is 2. The van der Waals surface area contributed by atoms with Gasteiger partial charge in [0, 0.05) is 32.3 Å². The topological polar surface area (TPSA) is 41.9 Å². The van der Waals surface area contributed by atoms with Crippen LogP contribution in [0.25, 0.3) is 0 Å². The first-order valence-corrected chi connectivity index (χ1v) is 7.12. The van der Waals surface area contributed by atoms with Crippen molar-refractivity contribution in [1.29, 1.82) is 0 Å². The van der Waals surface area contributed by atoms with Gasteiger partial charge in [0.25, 0.3) is 0 Å². The number of aliphatic imine (C=N–C) groups is 1. The third kappa shape index (κ3) is 3.59. The van der Waals surface area contributed by atoms with E-state index < -0.39 is 0 Å². The summed E-state index contributed by atoms with van der Waals surface area (Å²) in [7, 11) is 1.78. The molecule has 1 unspecified atom stereocenters. The molecule has 4 heteroatoms. The summed E-state index contributed by atoms with van der Waals surface area (Å²) in [5.41, 5.74) is 1.01. The second-order valence-electron chi connectivity index (χ2n) is 5.18. The average molecular weight is 274 g/mol. The summed E-state index contributed by atoms with van der Waals surface area (Å²) in [6, 6.07) is 9.75. The number of hydrogen-bond acceptors (Lipinski definition) is 3. The van der Waals surface area contributed by atoms with E-state index in [0.717, 1.165) is 18.5 Å². The number of carbonyl (C=O) groups excluding carboxylic acids is 1. The monoisotopic (exact) mass is 274 g/mol. The minimum absolute atomic E-state index is 0.223. The van der Waals surface area contributed by atoms with Crippen molar-refractivity contribution in [2.24, 2.45) is 16.8 Å². The zero-order valence-electron chi connectivity index (χ0n) is 12.2. The third-order valence-electron chi connectivity index (χ3n) is 3.82. The van der Waals surface area contributed by atoms with Crippen LogP contribution in [0.4, 0.5) is 4.79 Å². The van der Waals surface area contributed by atoms with E-state index >= 15 is 0 Å². The van der Waals surface area contributed by atoms with Crippen molar-refractivity contribution in [2.45, 2.75) is 20.0 Å². The highest BCUT2D eigenvalue weighted by atomic mass is 16.6. The zero-order chi connectivity index (χ0) is 14.4. The summed E-state index contributed by atoms with van der Waals surface area (Å²) >= 11 is 0. The Kier molecular flexibility index (Phi) is 5.16. The lowest BCUT2D eigenvalue weighted by atomic mass is 9.95. The van der Waals surface area contributed by atoms with E-state index in [9.17, 15) is 4.79 Å². The van der Waals surface area contributed by atoms with Crippen LogP contribution < -0.4 is 0 Å². The second-order valence-corrected chi connectivity index (χ2v) is 5.18. The first kappa shape index (κ1) is 14.6. The van der Waals surface area contributed by atoms with Gasteiger partial charge in [-0.25, -0.2) is 4.79 Å². The van der Waals surface area contributed by atoms with Crippen molar-refractivity contribution in [2.75, 3.05) is 20.1 Å². The largest absolute Gasteiger partial charge is 0.445 e. The molecular weight excluding hydrogens is 252 g/mol. The van der Waals surface area contributed by atoms with Crippen LogP contribution >= 0.6 is 0 Å². The summed E-state index contributed by atoms with van der Waals surface area (Å²) < 4.78 is 5.37. The Morgan fingerprint density at radius 1 is 1.40 bits per heavy atom. The highest BCUT2D eigenvalue weighted by molar-refractivity contribution is 5.70. The summed E-state index contributed by atoms with van der Waals surface area (Å²) in [6.45, 7) is 3.96. The summed E-state index contributed by atoms with van der Waals surface area (Å²) in [5, 5.41) is 0. The number of ether oxygens (including phenoxy) is 1. The number of amides is 1. The Balaban J connectivity index is 1.87. The molecule has 0 spiro atoms. The van der Waals surface area contributed by atoms with Crippen molar-refractivity contribution in [3.63, 3.8) is 0 Å². The lowest BCUT2D eigenvalue weighted by molar-refractivity contribution is 0.103. The van der Waals surface area contributed by atoms with Crippen LogP contribution in [0.15, 0.2) is 35.3 Å². The molecule has 20 heavy (non-hydrogen) atoms. The minimum Gasteiger partial charge on any atom is -0.445 e. The smallest absolute Gasteiger partial charge is 0.410 e. The van der Waals surface area contributed by atoms with Gasteiger partial charge in [0.1, 0.15) is 6.61 Å². The van der Waals surface area contributed by atoms with Crippen LogP contribution in [0.2, 0.25) is 0 Å². The molecular formula is C16H22N2O2. The van der Waals surface area contributed by atoms with Crippen LogP contribution in [0.1, 0.15) is 18.9 Å².